The van der Waals surface area contributed by atoms with Gasteiger partial charge in [0.25, 0.3) is 5.91 Å². The maximum absolute atomic E-state index is 12.2. The van der Waals surface area contributed by atoms with Crippen LogP contribution in [0.5, 0.6) is 5.75 Å². The van der Waals surface area contributed by atoms with Gasteiger partial charge in [0, 0.05) is 23.9 Å². The number of aryl methyl sites for hydroxylation is 2. The monoisotopic (exact) mass is 497 g/mol. The van der Waals surface area contributed by atoms with Crippen molar-refractivity contribution in [2.45, 2.75) is 40.3 Å². The summed E-state index contributed by atoms with van der Waals surface area (Å²) < 4.78 is 35.6. The van der Waals surface area contributed by atoms with E-state index in [1.807, 2.05) is 25.5 Å². The second kappa shape index (κ2) is 12.6. The molecule has 1 amide bonds. The average molecular weight is 498 g/mol. The van der Waals surface area contributed by atoms with E-state index < -0.39 is 25.1 Å². The molecule has 0 fully saturated rings. The number of aromatic nitrogens is 2. The number of nitrogens with one attached hydrogen (secondary N) is 1. The van der Waals surface area contributed by atoms with Gasteiger partial charge in [-0.15, -0.1) is 0 Å². The molecule has 0 aliphatic rings. The fourth-order valence-corrected chi connectivity index (χ4v) is 3.54. The number of carbonyl (C=O) groups excluding carboxylic acids is 2. The van der Waals surface area contributed by atoms with E-state index in [9.17, 15) is 18.4 Å². The predicted molar refractivity (Wildman–Crippen MR) is 132 cm³/mol. The van der Waals surface area contributed by atoms with Gasteiger partial charge in [0.2, 0.25) is 0 Å². The number of ether oxygens (including phenoxy) is 2. The lowest BCUT2D eigenvalue weighted by Crippen LogP contribution is -2.30. The van der Waals surface area contributed by atoms with Crippen molar-refractivity contribution in [2.75, 3.05) is 13.2 Å². The molecule has 1 heterocycles. The summed E-state index contributed by atoms with van der Waals surface area (Å²) in [6.45, 7) is 3.50. The van der Waals surface area contributed by atoms with Crippen LogP contribution in [0.2, 0.25) is 0 Å². The number of amides is 1. The first-order valence-corrected chi connectivity index (χ1v) is 11.5. The zero-order chi connectivity index (χ0) is 26.1. The van der Waals surface area contributed by atoms with Crippen molar-refractivity contribution in [3.63, 3.8) is 0 Å². The molecule has 3 rings (SSSR count). The summed E-state index contributed by atoms with van der Waals surface area (Å²) in [7, 11) is 0. The zero-order valence-electron chi connectivity index (χ0n) is 20.5. The van der Waals surface area contributed by atoms with Crippen molar-refractivity contribution < 1.29 is 27.8 Å². The van der Waals surface area contributed by atoms with E-state index in [2.05, 4.69) is 39.4 Å². The fraction of sp³-hybridized carbons (Fsp3) is 0.296. The minimum atomic E-state index is -2.87. The molecule has 0 aliphatic heterocycles. The molecule has 0 spiro atoms. The third kappa shape index (κ3) is 8.04. The topological polar surface area (TPSA) is 82.5 Å². The lowest BCUT2D eigenvalue weighted by atomic mass is 10.1. The SMILES string of the molecule is Cc1ccc(Cn2nc(C)c(/C=C/C(=O)OCC(=O)NCCc3ccc(OC(F)F)cc3)c2C)cc1. The van der Waals surface area contributed by atoms with Crippen LogP contribution >= 0.6 is 0 Å². The van der Waals surface area contributed by atoms with Gasteiger partial charge in [-0.1, -0.05) is 42.0 Å². The van der Waals surface area contributed by atoms with Crippen molar-refractivity contribution >= 4 is 18.0 Å². The first kappa shape index (κ1) is 26.6. The lowest BCUT2D eigenvalue weighted by Gasteiger charge is -2.07. The van der Waals surface area contributed by atoms with Gasteiger partial charge in [0.1, 0.15) is 5.75 Å². The van der Waals surface area contributed by atoms with Gasteiger partial charge in [0.05, 0.1) is 12.2 Å². The number of hydrogen-bond donors (Lipinski definition) is 1. The predicted octanol–water partition coefficient (Wildman–Crippen LogP) is 4.37. The fourth-order valence-electron chi connectivity index (χ4n) is 3.54. The summed E-state index contributed by atoms with van der Waals surface area (Å²) in [6.07, 6.45) is 3.41. The number of hydrogen-bond acceptors (Lipinski definition) is 5. The highest BCUT2D eigenvalue weighted by atomic mass is 19.3. The van der Waals surface area contributed by atoms with Gasteiger partial charge < -0.3 is 14.8 Å². The number of esters is 1. The summed E-state index contributed by atoms with van der Waals surface area (Å²) in [4.78, 5) is 24.1. The van der Waals surface area contributed by atoms with E-state index >= 15 is 0 Å². The third-order valence-corrected chi connectivity index (χ3v) is 5.51. The number of alkyl halides is 2. The maximum Gasteiger partial charge on any atom is 0.387 e. The second-order valence-electron chi connectivity index (χ2n) is 8.29. The van der Waals surface area contributed by atoms with E-state index in [0.717, 1.165) is 28.1 Å². The lowest BCUT2D eigenvalue weighted by molar-refractivity contribution is -0.143. The molecule has 0 radical (unpaired) electrons. The van der Waals surface area contributed by atoms with E-state index in [-0.39, 0.29) is 5.75 Å². The maximum atomic E-state index is 12.2. The molecule has 0 atom stereocenters. The van der Waals surface area contributed by atoms with E-state index in [1.165, 1.54) is 23.8 Å². The Morgan fingerprint density at radius 1 is 1.03 bits per heavy atom. The van der Waals surface area contributed by atoms with Gasteiger partial charge in [-0.2, -0.15) is 13.9 Å². The highest BCUT2D eigenvalue weighted by Crippen LogP contribution is 2.17. The van der Waals surface area contributed by atoms with E-state index in [4.69, 9.17) is 4.74 Å². The zero-order valence-corrected chi connectivity index (χ0v) is 20.5. The Labute approximate surface area is 208 Å². The molecule has 3 aromatic rings. The van der Waals surface area contributed by atoms with Crippen LogP contribution in [0.15, 0.2) is 54.6 Å². The van der Waals surface area contributed by atoms with Gasteiger partial charge in [-0.05, 0) is 56.5 Å². The summed E-state index contributed by atoms with van der Waals surface area (Å²) in [5.74, 6) is -1.00. The van der Waals surface area contributed by atoms with Crippen LogP contribution in [0.1, 0.15) is 33.6 Å². The van der Waals surface area contributed by atoms with Crippen molar-refractivity contribution in [2.24, 2.45) is 0 Å². The van der Waals surface area contributed by atoms with Crippen molar-refractivity contribution in [1.82, 2.24) is 15.1 Å². The molecule has 0 saturated heterocycles. The molecule has 36 heavy (non-hydrogen) atoms. The third-order valence-electron chi connectivity index (χ3n) is 5.51. The summed E-state index contributed by atoms with van der Waals surface area (Å²) >= 11 is 0. The summed E-state index contributed by atoms with van der Waals surface area (Å²) in [6, 6.07) is 14.4. The number of benzene rings is 2. The minimum Gasteiger partial charge on any atom is -0.452 e. The largest absolute Gasteiger partial charge is 0.452 e. The molecule has 0 bridgehead atoms. The summed E-state index contributed by atoms with van der Waals surface area (Å²) in [5, 5.41) is 7.22. The van der Waals surface area contributed by atoms with Crippen LogP contribution in [0, 0.1) is 20.8 Å². The van der Waals surface area contributed by atoms with Gasteiger partial charge >= 0.3 is 12.6 Å². The molecule has 7 nitrogen and oxygen atoms in total. The average Bonchev–Trinajstić information content (AvgIpc) is 3.10. The van der Waals surface area contributed by atoms with E-state index in [1.54, 1.807) is 18.2 Å². The molecular weight excluding hydrogens is 468 g/mol. The molecule has 0 unspecified atom stereocenters. The molecule has 0 aliphatic carbocycles. The van der Waals surface area contributed by atoms with Gasteiger partial charge in [0.15, 0.2) is 6.61 Å². The number of rotatable bonds is 11. The van der Waals surface area contributed by atoms with Crippen LogP contribution in [0.3, 0.4) is 0 Å². The van der Waals surface area contributed by atoms with Crippen LogP contribution in [-0.2, 0) is 27.3 Å². The van der Waals surface area contributed by atoms with Crippen molar-refractivity contribution in [3.8, 4) is 5.75 Å². The van der Waals surface area contributed by atoms with Crippen LogP contribution in [-0.4, -0.2) is 41.4 Å². The molecule has 0 saturated carbocycles. The van der Waals surface area contributed by atoms with Crippen LogP contribution in [0.25, 0.3) is 6.08 Å². The molecule has 1 N–H and O–H groups in total. The Morgan fingerprint density at radius 2 is 1.69 bits per heavy atom. The highest BCUT2D eigenvalue weighted by molar-refractivity contribution is 5.89. The molecule has 1 aromatic heterocycles. The van der Waals surface area contributed by atoms with Crippen molar-refractivity contribution in [3.05, 3.63) is 88.2 Å². The Balaban J connectivity index is 1.43. The number of carbonyl (C=O) groups is 2. The second-order valence-corrected chi connectivity index (χ2v) is 8.29. The quantitative estimate of drug-likeness (QED) is 0.314. The first-order valence-electron chi connectivity index (χ1n) is 11.5. The Hall–Kier alpha value is -4.01. The smallest absolute Gasteiger partial charge is 0.387 e. The Kier molecular flexibility index (Phi) is 9.32. The van der Waals surface area contributed by atoms with E-state index in [0.29, 0.717) is 19.5 Å². The highest BCUT2D eigenvalue weighted by Gasteiger charge is 2.11. The first-order chi connectivity index (χ1) is 17.2. The number of halogens is 2. The standard InChI is InChI=1S/C27H29F2N3O4/c1-18-4-6-22(7-5-18)16-32-20(3)24(19(2)31-32)12-13-26(34)35-17-25(33)30-15-14-21-8-10-23(11-9-21)36-27(28)29/h4-13,27H,14-17H2,1-3H3,(H,30,33)/b13-12+. The Bertz CT molecular complexity index is 1200. The van der Waals surface area contributed by atoms with Crippen molar-refractivity contribution in [1.29, 1.82) is 0 Å². The Morgan fingerprint density at radius 3 is 2.36 bits per heavy atom. The van der Waals surface area contributed by atoms with Gasteiger partial charge in [-0.3, -0.25) is 9.48 Å². The number of nitrogens with zero attached hydrogens (tertiary/aromatic N) is 2. The molecule has 9 heteroatoms. The van der Waals surface area contributed by atoms with Gasteiger partial charge in [-0.25, -0.2) is 4.79 Å². The summed E-state index contributed by atoms with van der Waals surface area (Å²) in [5.41, 5.74) is 5.69. The van der Waals surface area contributed by atoms with Crippen LogP contribution in [0.4, 0.5) is 8.78 Å². The normalized spacial score (nSPS) is 11.2. The molecule has 2 aromatic carbocycles. The molecule has 190 valence electrons. The van der Waals surface area contributed by atoms with Crippen LogP contribution < -0.4 is 10.1 Å². The molecular formula is C27H29F2N3O4. The minimum absolute atomic E-state index is 0.0711.